The third-order valence-corrected chi connectivity index (χ3v) is 5.91. The molecule has 1 fully saturated rings. The molecule has 0 atom stereocenters. The van der Waals surface area contributed by atoms with Crippen LogP contribution >= 0.6 is 24.0 Å². The third kappa shape index (κ3) is 7.38. The van der Waals surface area contributed by atoms with Gasteiger partial charge in [0.1, 0.15) is 0 Å². The van der Waals surface area contributed by atoms with Gasteiger partial charge in [-0.3, -0.25) is 4.99 Å². The van der Waals surface area contributed by atoms with E-state index in [1.165, 1.54) is 0 Å². The number of nitrogens with zero attached hydrogens (tertiary/aromatic N) is 2. The molecule has 1 aliphatic heterocycles. The average molecular weight is 465 g/mol. The fourth-order valence-electron chi connectivity index (χ4n) is 2.72. The molecule has 136 valence electrons. The summed E-state index contributed by atoms with van der Waals surface area (Å²) in [5.41, 5.74) is 6.83. The molecule has 0 bridgehead atoms. The van der Waals surface area contributed by atoms with E-state index in [1.54, 1.807) is 0 Å². The highest BCUT2D eigenvalue weighted by Crippen LogP contribution is 2.15. The van der Waals surface area contributed by atoms with Crippen LogP contribution in [0.15, 0.2) is 35.3 Å². The molecule has 0 spiro atoms. The summed E-state index contributed by atoms with van der Waals surface area (Å²) in [4.78, 5) is 6.43. The Labute approximate surface area is 162 Å². The van der Waals surface area contributed by atoms with Gasteiger partial charge in [-0.2, -0.15) is 0 Å². The molecule has 1 saturated heterocycles. The maximum absolute atomic E-state index is 12.1. The number of sulfone groups is 1. The first-order chi connectivity index (χ1) is 11.0. The minimum atomic E-state index is -3.09. The van der Waals surface area contributed by atoms with Crippen LogP contribution in [0.3, 0.4) is 0 Å². The summed E-state index contributed by atoms with van der Waals surface area (Å²) in [5, 5.41) is 0. The van der Waals surface area contributed by atoms with Crippen LogP contribution in [0.4, 0.5) is 0 Å². The lowest BCUT2D eigenvalue weighted by atomic mass is 10.00. The molecule has 0 unspecified atom stereocenters. The van der Waals surface area contributed by atoms with Crippen molar-refractivity contribution in [1.29, 1.82) is 0 Å². The second-order valence-electron chi connectivity index (χ2n) is 6.34. The van der Waals surface area contributed by atoms with Crippen molar-refractivity contribution in [2.45, 2.75) is 31.9 Å². The van der Waals surface area contributed by atoms with Crippen molar-refractivity contribution in [3.8, 4) is 0 Å². The van der Waals surface area contributed by atoms with Gasteiger partial charge in [0.05, 0.1) is 11.5 Å². The molecule has 24 heavy (non-hydrogen) atoms. The molecule has 1 aromatic carbocycles. The Balaban J connectivity index is 0.00000288. The molecule has 0 saturated carbocycles. The topological polar surface area (TPSA) is 75.8 Å². The number of piperidine rings is 1. The number of guanidine groups is 1. The van der Waals surface area contributed by atoms with Crippen molar-refractivity contribution in [3.05, 3.63) is 35.9 Å². The molecule has 0 radical (unpaired) electrons. The summed E-state index contributed by atoms with van der Waals surface area (Å²) < 4.78 is 24.2. The number of hydrogen-bond acceptors (Lipinski definition) is 3. The largest absolute Gasteiger partial charge is 0.370 e. The van der Waals surface area contributed by atoms with Crippen LogP contribution in [0, 0.1) is 5.92 Å². The van der Waals surface area contributed by atoms with Crippen molar-refractivity contribution in [2.24, 2.45) is 16.6 Å². The van der Waals surface area contributed by atoms with Crippen LogP contribution < -0.4 is 5.73 Å². The summed E-state index contributed by atoms with van der Waals surface area (Å²) in [6.45, 7) is 4.61. The molecule has 0 amide bonds. The first kappa shape index (κ1) is 21.2. The zero-order valence-electron chi connectivity index (χ0n) is 14.2. The van der Waals surface area contributed by atoms with Gasteiger partial charge < -0.3 is 10.6 Å². The van der Waals surface area contributed by atoms with Crippen molar-refractivity contribution in [2.75, 3.05) is 25.4 Å². The second-order valence-corrected chi connectivity index (χ2v) is 8.52. The predicted molar refractivity (Wildman–Crippen MR) is 110 cm³/mol. The average Bonchev–Trinajstić information content (AvgIpc) is 2.52. The van der Waals surface area contributed by atoms with Gasteiger partial charge in [-0.05, 0) is 30.7 Å². The van der Waals surface area contributed by atoms with E-state index < -0.39 is 9.84 Å². The quantitative estimate of drug-likeness (QED) is 0.304. The molecule has 2 N–H and O–H groups in total. The normalized spacial score (nSPS) is 16.7. The number of nitrogens with two attached hydrogens (primary N) is 1. The zero-order valence-corrected chi connectivity index (χ0v) is 17.4. The van der Waals surface area contributed by atoms with E-state index in [2.05, 4.69) is 16.8 Å². The molecule has 0 aliphatic carbocycles. The molecule has 1 heterocycles. The second kappa shape index (κ2) is 10.2. The van der Waals surface area contributed by atoms with Crippen LogP contribution in [0.2, 0.25) is 0 Å². The standard InChI is InChI=1S/C17H27N3O2S.HI/c1-15-8-11-20(12-9-15)17(18)19-10-5-13-23(21,22)14-16-6-3-2-4-7-16;/h2-4,6-7,15H,5,8-14H2,1H3,(H2,18,19);1H. The van der Waals surface area contributed by atoms with Crippen LogP contribution in [-0.4, -0.2) is 44.7 Å². The molecule has 0 aromatic heterocycles. The van der Waals surface area contributed by atoms with Gasteiger partial charge >= 0.3 is 0 Å². The van der Waals surface area contributed by atoms with E-state index >= 15 is 0 Å². The number of halogens is 1. The van der Waals surface area contributed by atoms with Gasteiger partial charge in [-0.25, -0.2) is 8.42 Å². The summed E-state index contributed by atoms with van der Waals surface area (Å²) in [6, 6.07) is 9.27. The SMILES string of the molecule is CC1CCN(C(N)=NCCCS(=O)(=O)Cc2ccccc2)CC1.I. The molecule has 2 rings (SSSR count). The van der Waals surface area contributed by atoms with Crippen LogP contribution in [-0.2, 0) is 15.6 Å². The highest BCUT2D eigenvalue weighted by atomic mass is 127. The molecule has 1 aromatic rings. The minimum absolute atomic E-state index is 0. The Hall–Kier alpha value is -0.830. The molecular formula is C17H28IN3O2S. The fraction of sp³-hybridized carbons (Fsp3) is 0.588. The van der Waals surface area contributed by atoms with Gasteiger partial charge in [0, 0.05) is 19.6 Å². The fourth-order valence-corrected chi connectivity index (χ4v) is 4.13. The lowest BCUT2D eigenvalue weighted by molar-refractivity contribution is 0.277. The number of aliphatic imine (C=N–C) groups is 1. The van der Waals surface area contributed by atoms with Crippen LogP contribution in [0.25, 0.3) is 0 Å². The minimum Gasteiger partial charge on any atom is -0.370 e. The van der Waals surface area contributed by atoms with E-state index in [0.29, 0.717) is 18.9 Å². The number of likely N-dealkylation sites (tertiary alicyclic amines) is 1. The lowest BCUT2D eigenvalue weighted by Crippen LogP contribution is -2.42. The molecule has 1 aliphatic rings. The van der Waals surface area contributed by atoms with Crippen LogP contribution in [0.1, 0.15) is 31.7 Å². The van der Waals surface area contributed by atoms with E-state index in [9.17, 15) is 8.42 Å². The van der Waals surface area contributed by atoms with E-state index in [1.807, 2.05) is 30.3 Å². The Bertz CT molecular complexity index is 612. The Morgan fingerprint density at radius 2 is 1.88 bits per heavy atom. The Morgan fingerprint density at radius 1 is 1.25 bits per heavy atom. The molecule has 5 nitrogen and oxygen atoms in total. The van der Waals surface area contributed by atoms with Gasteiger partial charge in [0.25, 0.3) is 0 Å². The Kier molecular flexibility index (Phi) is 9.04. The van der Waals surface area contributed by atoms with Gasteiger partial charge in [0.15, 0.2) is 15.8 Å². The number of hydrogen-bond donors (Lipinski definition) is 1. The first-order valence-electron chi connectivity index (χ1n) is 8.25. The van der Waals surface area contributed by atoms with E-state index in [4.69, 9.17) is 5.73 Å². The maximum atomic E-state index is 12.1. The van der Waals surface area contributed by atoms with Crippen LogP contribution in [0.5, 0.6) is 0 Å². The van der Waals surface area contributed by atoms with Crippen molar-refractivity contribution >= 4 is 39.8 Å². The third-order valence-electron chi connectivity index (χ3n) is 4.22. The van der Waals surface area contributed by atoms with Gasteiger partial charge in [0.2, 0.25) is 0 Å². The van der Waals surface area contributed by atoms with E-state index in [-0.39, 0.29) is 35.5 Å². The van der Waals surface area contributed by atoms with E-state index in [0.717, 1.165) is 37.4 Å². The summed E-state index contributed by atoms with van der Waals surface area (Å²) in [6.07, 6.45) is 2.80. The highest BCUT2D eigenvalue weighted by molar-refractivity contribution is 14.0. The highest BCUT2D eigenvalue weighted by Gasteiger charge is 2.17. The monoisotopic (exact) mass is 465 g/mol. The zero-order chi connectivity index (χ0) is 16.7. The predicted octanol–water partition coefficient (Wildman–Crippen LogP) is 2.66. The number of rotatable bonds is 6. The van der Waals surface area contributed by atoms with Gasteiger partial charge in [-0.1, -0.05) is 37.3 Å². The summed E-state index contributed by atoms with van der Waals surface area (Å²) in [5.74, 6) is 1.55. The summed E-state index contributed by atoms with van der Waals surface area (Å²) in [7, 11) is -3.09. The Morgan fingerprint density at radius 3 is 2.50 bits per heavy atom. The van der Waals surface area contributed by atoms with Crippen molar-refractivity contribution < 1.29 is 8.42 Å². The van der Waals surface area contributed by atoms with Crippen molar-refractivity contribution in [1.82, 2.24) is 4.90 Å². The van der Waals surface area contributed by atoms with Gasteiger partial charge in [-0.15, -0.1) is 24.0 Å². The molecular weight excluding hydrogens is 437 g/mol. The lowest BCUT2D eigenvalue weighted by Gasteiger charge is -2.31. The maximum Gasteiger partial charge on any atom is 0.191 e. The first-order valence-corrected chi connectivity index (χ1v) is 10.1. The summed E-state index contributed by atoms with van der Waals surface area (Å²) >= 11 is 0. The number of benzene rings is 1. The molecule has 7 heteroatoms. The smallest absolute Gasteiger partial charge is 0.191 e. The van der Waals surface area contributed by atoms with Crippen molar-refractivity contribution in [3.63, 3.8) is 0 Å².